The number of alkyl halides is 3. The summed E-state index contributed by atoms with van der Waals surface area (Å²) in [6.45, 7) is 0.0236. The molecule has 2 nitrogen and oxygen atoms in total. The van der Waals surface area contributed by atoms with Crippen LogP contribution >= 0.6 is 27.5 Å². The van der Waals surface area contributed by atoms with Crippen LogP contribution in [0, 0.1) is 0 Å². The Bertz CT molecular complexity index is 679. The van der Waals surface area contributed by atoms with Gasteiger partial charge >= 0.3 is 6.18 Å². The number of pyridine rings is 1. The van der Waals surface area contributed by atoms with E-state index in [9.17, 15) is 18.0 Å². The highest BCUT2D eigenvalue weighted by Gasteiger charge is 2.32. The lowest BCUT2D eigenvalue weighted by molar-refractivity contribution is -0.138. The Balaban J connectivity index is 2.43. The third kappa shape index (κ3) is 3.43. The second-order valence-corrected chi connectivity index (χ2v) is 5.46. The van der Waals surface area contributed by atoms with Gasteiger partial charge in [-0.1, -0.05) is 39.7 Å². The van der Waals surface area contributed by atoms with Crippen LogP contribution in [0.25, 0.3) is 0 Å². The molecule has 0 aliphatic rings. The van der Waals surface area contributed by atoms with Gasteiger partial charge in [0.2, 0.25) is 0 Å². The van der Waals surface area contributed by atoms with Gasteiger partial charge in [-0.05, 0) is 23.8 Å². The summed E-state index contributed by atoms with van der Waals surface area (Å²) in [4.78, 5) is 11.8. The molecular formula is C13H8BrClF3NO. The number of aromatic nitrogens is 1. The van der Waals surface area contributed by atoms with E-state index in [-0.39, 0.29) is 6.54 Å². The Morgan fingerprint density at radius 2 is 1.80 bits per heavy atom. The predicted molar refractivity (Wildman–Crippen MR) is 74.0 cm³/mol. The number of halogens is 5. The monoisotopic (exact) mass is 365 g/mol. The SMILES string of the molecule is O=c1c(Cl)cc(C(F)(F)F)cn1Cc1ccc(Br)cc1. The van der Waals surface area contributed by atoms with Crippen LogP contribution < -0.4 is 5.56 Å². The van der Waals surface area contributed by atoms with Crippen molar-refractivity contribution in [3.05, 3.63) is 67.5 Å². The molecule has 106 valence electrons. The molecule has 2 rings (SSSR count). The first kappa shape index (κ1) is 15.1. The van der Waals surface area contributed by atoms with E-state index in [0.717, 1.165) is 15.2 Å². The molecule has 0 saturated heterocycles. The predicted octanol–water partition coefficient (Wildman–Crippen LogP) is 4.33. The zero-order valence-corrected chi connectivity index (χ0v) is 12.3. The first-order chi connectivity index (χ1) is 9.27. The van der Waals surface area contributed by atoms with Gasteiger partial charge < -0.3 is 4.57 Å². The van der Waals surface area contributed by atoms with Gasteiger partial charge in [0.15, 0.2) is 0 Å². The molecule has 0 radical (unpaired) electrons. The zero-order chi connectivity index (χ0) is 14.9. The molecule has 1 heterocycles. The number of rotatable bonds is 2. The minimum Gasteiger partial charge on any atom is -0.309 e. The molecule has 0 amide bonds. The molecule has 20 heavy (non-hydrogen) atoms. The molecule has 0 bridgehead atoms. The summed E-state index contributed by atoms with van der Waals surface area (Å²) in [7, 11) is 0. The summed E-state index contributed by atoms with van der Waals surface area (Å²) in [6.07, 6.45) is -3.77. The van der Waals surface area contributed by atoms with Gasteiger partial charge in [0.1, 0.15) is 5.02 Å². The van der Waals surface area contributed by atoms with Crippen LogP contribution in [0.15, 0.2) is 45.8 Å². The van der Waals surface area contributed by atoms with Gasteiger partial charge in [-0.3, -0.25) is 4.79 Å². The molecule has 1 aromatic carbocycles. The van der Waals surface area contributed by atoms with Gasteiger partial charge in [-0.15, -0.1) is 0 Å². The van der Waals surface area contributed by atoms with E-state index in [2.05, 4.69) is 15.9 Å². The maximum absolute atomic E-state index is 12.7. The molecule has 0 N–H and O–H groups in total. The third-order valence-electron chi connectivity index (χ3n) is 2.64. The Hall–Kier alpha value is -1.27. The van der Waals surface area contributed by atoms with Crippen molar-refractivity contribution in [1.29, 1.82) is 0 Å². The van der Waals surface area contributed by atoms with Crippen LogP contribution in [-0.2, 0) is 12.7 Å². The van der Waals surface area contributed by atoms with E-state index in [1.165, 1.54) is 0 Å². The average Bonchev–Trinajstić information content (AvgIpc) is 2.36. The van der Waals surface area contributed by atoms with Crippen LogP contribution in [0.1, 0.15) is 11.1 Å². The molecule has 0 fully saturated rings. The molecule has 0 aliphatic carbocycles. The summed E-state index contributed by atoms with van der Waals surface area (Å²) in [5.41, 5.74) is -0.896. The first-order valence-electron chi connectivity index (χ1n) is 5.49. The second kappa shape index (κ2) is 5.61. The van der Waals surface area contributed by atoms with Crippen LogP contribution in [0.5, 0.6) is 0 Å². The minimum absolute atomic E-state index is 0.0236. The summed E-state index contributed by atoms with van der Waals surface area (Å²) in [5, 5.41) is -0.447. The van der Waals surface area contributed by atoms with Crippen LogP contribution in [-0.4, -0.2) is 4.57 Å². The quantitative estimate of drug-likeness (QED) is 0.775. The Labute approximate surface area is 125 Å². The van der Waals surface area contributed by atoms with Crippen molar-refractivity contribution >= 4 is 27.5 Å². The topological polar surface area (TPSA) is 22.0 Å². The van der Waals surface area contributed by atoms with Crippen molar-refractivity contribution in [2.45, 2.75) is 12.7 Å². The van der Waals surface area contributed by atoms with Gasteiger partial charge in [0.25, 0.3) is 5.56 Å². The Kier molecular flexibility index (Phi) is 4.25. The second-order valence-electron chi connectivity index (χ2n) is 4.13. The van der Waals surface area contributed by atoms with E-state index >= 15 is 0 Å². The van der Waals surface area contributed by atoms with Crippen molar-refractivity contribution in [2.24, 2.45) is 0 Å². The normalized spacial score (nSPS) is 11.7. The highest BCUT2D eigenvalue weighted by molar-refractivity contribution is 9.10. The smallest absolute Gasteiger partial charge is 0.309 e. The fourth-order valence-electron chi connectivity index (χ4n) is 1.66. The van der Waals surface area contributed by atoms with Crippen molar-refractivity contribution in [1.82, 2.24) is 4.57 Å². The molecule has 0 atom stereocenters. The molecule has 0 spiro atoms. The lowest BCUT2D eigenvalue weighted by atomic mass is 10.2. The number of nitrogens with zero attached hydrogens (tertiary/aromatic N) is 1. The van der Waals surface area contributed by atoms with Gasteiger partial charge in [0.05, 0.1) is 12.1 Å². The van der Waals surface area contributed by atoms with Crippen molar-refractivity contribution in [3.8, 4) is 0 Å². The van der Waals surface area contributed by atoms with E-state index in [1.807, 2.05) is 0 Å². The first-order valence-corrected chi connectivity index (χ1v) is 6.66. The van der Waals surface area contributed by atoms with E-state index < -0.39 is 22.3 Å². The number of hydrogen-bond donors (Lipinski definition) is 0. The maximum atomic E-state index is 12.7. The zero-order valence-electron chi connectivity index (χ0n) is 9.92. The van der Waals surface area contributed by atoms with E-state index in [4.69, 9.17) is 11.6 Å². The van der Waals surface area contributed by atoms with Gasteiger partial charge in [0, 0.05) is 10.7 Å². The van der Waals surface area contributed by atoms with Crippen LogP contribution in [0.3, 0.4) is 0 Å². The van der Waals surface area contributed by atoms with Crippen molar-refractivity contribution in [2.75, 3.05) is 0 Å². The molecule has 2 aromatic rings. The maximum Gasteiger partial charge on any atom is 0.417 e. The average molecular weight is 367 g/mol. The summed E-state index contributed by atoms with van der Waals surface area (Å²) >= 11 is 8.83. The third-order valence-corrected chi connectivity index (χ3v) is 3.44. The highest BCUT2D eigenvalue weighted by atomic mass is 79.9. The van der Waals surface area contributed by atoms with E-state index in [1.54, 1.807) is 24.3 Å². The van der Waals surface area contributed by atoms with Crippen molar-refractivity contribution < 1.29 is 13.2 Å². The fraction of sp³-hybridized carbons (Fsp3) is 0.154. The number of benzene rings is 1. The number of hydrogen-bond acceptors (Lipinski definition) is 1. The molecule has 0 unspecified atom stereocenters. The lowest BCUT2D eigenvalue weighted by Gasteiger charge is -2.12. The van der Waals surface area contributed by atoms with Gasteiger partial charge in [-0.2, -0.15) is 13.2 Å². The van der Waals surface area contributed by atoms with Gasteiger partial charge in [-0.25, -0.2) is 0 Å². The summed E-state index contributed by atoms with van der Waals surface area (Å²) in [5.74, 6) is 0. The molecule has 0 saturated carbocycles. The van der Waals surface area contributed by atoms with E-state index in [0.29, 0.717) is 11.6 Å². The minimum atomic E-state index is -4.54. The molecular weight excluding hydrogens is 358 g/mol. The highest BCUT2D eigenvalue weighted by Crippen LogP contribution is 2.29. The summed E-state index contributed by atoms with van der Waals surface area (Å²) < 4.78 is 39.9. The fourth-order valence-corrected chi connectivity index (χ4v) is 2.15. The standard InChI is InChI=1S/C13H8BrClF3NO/c14-10-3-1-8(2-4-10)6-19-7-9(13(16,17)18)5-11(15)12(19)20/h1-5,7H,6H2. The van der Waals surface area contributed by atoms with Crippen LogP contribution in [0.4, 0.5) is 13.2 Å². The van der Waals surface area contributed by atoms with Crippen molar-refractivity contribution in [3.63, 3.8) is 0 Å². The summed E-state index contributed by atoms with van der Waals surface area (Å²) in [6, 6.07) is 7.56. The lowest BCUT2D eigenvalue weighted by Crippen LogP contribution is -2.23. The Morgan fingerprint density at radius 3 is 2.35 bits per heavy atom. The molecule has 0 aliphatic heterocycles. The largest absolute Gasteiger partial charge is 0.417 e. The molecule has 1 aromatic heterocycles. The Morgan fingerprint density at radius 1 is 1.20 bits per heavy atom. The van der Waals surface area contributed by atoms with Crippen LogP contribution in [0.2, 0.25) is 5.02 Å². The molecule has 7 heteroatoms.